The molecule has 2 atom stereocenters. The zero-order chi connectivity index (χ0) is 13.1. The number of rotatable bonds is 4. The Morgan fingerprint density at radius 2 is 2.56 bits per heavy atom. The molecule has 1 fully saturated rings. The van der Waals surface area contributed by atoms with Crippen molar-refractivity contribution in [3.05, 3.63) is 32.9 Å². The van der Waals surface area contributed by atoms with Crippen molar-refractivity contribution in [1.82, 2.24) is 9.55 Å². The molecular formula is C8H10N4O5S. The van der Waals surface area contributed by atoms with Crippen molar-refractivity contribution >= 4 is 17.6 Å². The highest BCUT2D eigenvalue weighted by Crippen LogP contribution is 2.30. The minimum absolute atomic E-state index is 0.134. The normalized spacial score (nSPS) is 22.9. The summed E-state index contributed by atoms with van der Waals surface area (Å²) < 4.78 is 6.72. The lowest BCUT2D eigenvalue weighted by atomic mass is 10.5. The number of anilines is 1. The molecule has 0 bridgehead atoms. The van der Waals surface area contributed by atoms with Crippen molar-refractivity contribution in [2.45, 2.75) is 11.7 Å². The molecule has 2 rings (SSSR count). The van der Waals surface area contributed by atoms with E-state index in [0.29, 0.717) is 5.75 Å². The zero-order valence-corrected chi connectivity index (χ0v) is 9.91. The van der Waals surface area contributed by atoms with Gasteiger partial charge < -0.3 is 15.3 Å². The van der Waals surface area contributed by atoms with E-state index in [1.165, 1.54) is 28.6 Å². The van der Waals surface area contributed by atoms with E-state index < -0.39 is 22.4 Å². The van der Waals surface area contributed by atoms with Crippen LogP contribution in [0, 0.1) is 10.1 Å². The first-order valence-corrected chi connectivity index (χ1v) is 6.00. The van der Waals surface area contributed by atoms with Gasteiger partial charge in [0, 0.05) is 11.9 Å². The van der Waals surface area contributed by atoms with Gasteiger partial charge in [-0.25, -0.2) is 4.79 Å². The molecule has 0 amide bonds. The van der Waals surface area contributed by atoms with Gasteiger partial charge in [0.15, 0.2) is 0 Å². The summed E-state index contributed by atoms with van der Waals surface area (Å²) in [5.74, 6) is 0.618. The van der Waals surface area contributed by atoms with E-state index in [2.05, 4.69) is 9.82 Å². The van der Waals surface area contributed by atoms with Crippen molar-refractivity contribution in [3.63, 3.8) is 0 Å². The standard InChI is InChI=1S/C8H10N4O5S/c9-5-1-2-11(8(13)10-5)6-4-18-7(17-6)3-16-12(14)15/h1-2,6-7H,3-4H2,(H2,9,10,13)/t6?,7-/m0/s1. The largest absolute Gasteiger partial charge is 0.383 e. The predicted octanol–water partition coefficient (Wildman–Crippen LogP) is -0.378. The van der Waals surface area contributed by atoms with Crippen molar-refractivity contribution in [2.24, 2.45) is 0 Å². The predicted molar refractivity (Wildman–Crippen MR) is 62.2 cm³/mol. The zero-order valence-electron chi connectivity index (χ0n) is 9.09. The second kappa shape index (κ2) is 5.23. The Morgan fingerprint density at radius 3 is 3.22 bits per heavy atom. The van der Waals surface area contributed by atoms with Gasteiger partial charge in [-0.05, 0) is 6.07 Å². The van der Waals surface area contributed by atoms with Crippen molar-refractivity contribution < 1.29 is 14.7 Å². The summed E-state index contributed by atoms with van der Waals surface area (Å²) in [5.41, 5.74) is 4.37. The number of thioether (sulfide) groups is 1. The van der Waals surface area contributed by atoms with Gasteiger partial charge in [0.05, 0.1) is 0 Å². The Balaban J connectivity index is 2.00. The number of hydrogen-bond acceptors (Lipinski definition) is 8. The number of ether oxygens (including phenoxy) is 1. The SMILES string of the molecule is Nc1ccn(C2CS[C@@H](CO[N+](=O)[O-])O2)c(=O)n1. The molecule has 0 saturated carbocycles. The molecular weight excluding hydrogens is 264 g/mol. The molecule has 1 unspecified atom stereocenters. The molecule has 10 heteroatoms. The fourth-order valence-corrected chi connectivity index (χ4v) is 2.43. The molecule has 1 aromatic heterocycles. The quantitative estimate of drug-likeness (QED) is 0.582. The third-order valence-corrected chi connectivity index (χ3v) is 3.31. The number of aromatic nitrogens is 2. The lowest BCUT2D eigenvalue weighted by Gasteiger charge is -2.13. The van der Waals surface area contributed by atoms with E-state index in [-0.39, 0.29) is 12.4 Å². The summed E-state index contributed by atoms with van der Waals surface area (Å²) in [6.07, 6.45) is 0.961. The Kier molecular flexibility index (Phi) is 3.67. The lowest BCUT2D eigenvalue weighted by molar-refractivity contribution is -0.758. The first-order chi connectivity index (χ1) is 8.56. The number of hydrogen-bond donors (Lipinski definition) is 1. The van der Waals surface area contributed by atoms with Gasteiger partial charge in [-0.2, -0.15) is 4.98 Å². The van der Waals surface area contributed by atoms with Gasteiger partial charge in [-0.3, -0.25) is 4.57 Å². The van der Waals surface area contributed by atoms with E-state index in [9.17, 15) is 14.9 Å². The van der Waals surface area contributed by atoms with Gasteiger partial charge in [0.1, 0.15) is 24.1 Å². The van der Waals surface area contributed by atoms with Crippen LogP contribution in [0.1, 0.15) is 6.23 Å². The van der Waals surface area contributed by atoms with Crippen molar-refractivity contribution in [3.8, 4) is 0 Å². The maximum atomic E-state index is 11.5. The minimum atomic E-state index is -0.881. The summed E-state index contributed by atoms with van der Waals surface area (Å²) in [7, 11) is 0. The van der Waals surface area contributed by atoms with Crippen molar-refractivity contribution in [1.29, 1.82) is 0 Å². The lowest BCUT2D eigenvalue weighted by Crippen LogP contribution is -2.29. The summed E-state index contributed by atoms with van der Waals surface area (Å²) in [6.45, 7) is -0.175. The summed E-state index contributed by atoms with van der Waals surface area (Å²) in [5, 5.41) is 9.16. The molecule has 18 heavy (non-hydrogen) atoms. The molecule has 1 saturated heterocycles. The fourth-order valence-electron chi connectivity index (χ4n) is 1.44. The second-order valence-electron chi connectivity index (χ2n) is 3.42. The monoisotopic (exact) mass is 274 g/mol. The van der Waals surface area contributed by atoms with E-state index in [1.807, 2.05) is 0 Å². The smallest absolute Gasteiger partial charge is 0.351 e. The number of nitrogens with two attached hydrogens (primary N) is 1. The van der Waals surface area contributed by atoms with Gasteiger partial charge in [-0.1, -0.05) is 0 Å². The third-order valence-electron chi connectivity index (χ3n) is 2.21. The fraction of sp³-hybridized carbons (Fsp3) is 0.500. The molecule has 98 valence electrons. The molecule has 2 heterocycles. The first-order valence-electron chi connectivity index (χ1n) is 4.95. The molecule has 0 spiro atoms. The number of nitrogen functional groups attached to an aromatic ring is 1. The molecule has 1 aliphatic heterocycles. The third kappa shape index (κ3) is 2.90. The molecule has 0 radical (unpaired) electrons. The van der Waals surface area contributed by atoms with Crippen LogP contribution in [0.4, 0.5) is 5.82 Å². The topological polar surface area (TPSA) is 123 Å². The van der Waals surface area contributed by atoms with Gasteiger partial charge >= 0.3 is 5.69 Å². The average Bonchev–Trinajstić information content (AvgIpc) is 2.75. The van der Waals surface area contributed by atoms with Crippen LogP contribution < -0.4 is 11.4 Å². The van der Waals surface area contributed by atoms with Crippen LogP contribution in [0.5, 0.6) is 0 Å². The average molecular weight is 274 g/mol. The molecule has 1 aliphatic rings. The molecule has 0 aliphatic carbocycles. The maximum absolute atomic E-state index is 11.5. The highest BCUT2D eigenvalue weighted by Gasteiger charge is 2.28. The summed E-state index contributed by atoms with van der Waals surface area (Å²) in [4.78, 5) is 29.4. The molecule has 0 aromatic carbocycles. The van der Waals surface area contributed by atoms with E-state index in [1.54, 1.807) is 0 Å². The van der Waals surface area contributed by atoms with Crippen LogP contribution in [0.25, 0.3) is 0 Å². The summed E-state index contributed by atoms with van der Waals surface area (Å²) >= 11 is 1.33. The Bertz CT molecular complexity index is 507. The highest BCUT2D eigenvalue weighted by molar-refractivity contribution is 8.00. The maximum Gasteiger partial charge on any atom is 0.351 e. The second-order valence-corrected chi connectivity index (χ2v) is 4.61. The Morgan fingerprint density at radius 1 is 1.78 bits per heavy atom. The van der Waals surface area contributed by atoms with Gasteiger partial charge in [-0.15, -0.1) is 21.9 Å². The molecule has 2 N–H and O–H groups in total. The van der Waals surface area contributed by atoms with Crippen LogP contribution in [0.2, 0.25) is 0 Å². The van der Waals surface area contributed by atoms with Gasteiger partial charge in [0.25, 0.3) is 5.09 Å². The number of nitrogens with zero attached hydrogens (tertiary/aromatic N) is 3. The minimum Gasteiger partial charge on any atom is -0.383 e. The Labute approximate surface area is 105 Å². The van der Waals surface area contributed by atoms with E-state index in [0.717, 1.165) is 0 Å². The first kappa shape index (κ1) is 12.6. The molecule has 9 nitrogen and oxygen atoms in total. The van der Waals surface area contributed by atoms with Crippen LogP contribution in [0.15, 0.2) is 17.1 Å². The van der Waals surface area contributed by atoms with E-state index >= 15 is 0 Å². The van der Waals surface area contributed by atoms with Crippen molar-refractivity contribution in [2.75, 3.05) is 18.1 Å². The van der Waals surface area contributed by atoms with Crippen LogP contribution in [-0.2, 0) is 9.57 Å². The van der Waals surface area contributed by atoms with Crippen LogP contribution in [0.3, 0.4) is 0 Å². The van der Waals surface area contributed by atoms with E-state index in [4.69, 9.17) is 10.5 Å². The Hall–Kier alpha value is -1.81. The molecule has 1 aromatic rings. The highest BCUT2D eigenvalue weighted by atomic mass is 32.2. The summed E-state index contributed by atoms with van der Waals surface area (Å²) in [6, 6.07) is 1.48. The van der Waals surface area contributed by atoms with Crippen LogP contribution >= 0.6 is 11.8 Å². The van der Waals surface area contributed by atoms with Gasteiger partial charge in [0.2, 0.25) is 0 Å². The van der Waals surface area contributed by atoms with Crippen LogP contribution in [-0.4, -0.2) is 32.4 Å².